The van der Waals surface area contributed by atoms with Crippen molar-refractivity contribution in [3.05, 3.63) is 66.7 Å². The van der Waals surface area contributed by atoms with Crippen molar-refractivity contribution < 1.29 is 13.9 Å². The molecule has 0 bridgehead atoms. The molecule has 0 atom stereocenters. The van der Waals surface area contributed by atoms with Gasteiger partial charge in [-0.25, -0.2) is 9.97 Å². The van der Waals surface area contributed by atoms with Gasteiger partial charge in [-0.2, -0.15) is 0 Å². The summed E-state index contributed by atoms with van der Waals surface area (Å²) in [6.07, 6.45) is 3.33. The van der Waals surface area contributed by atoms with Gasteiger partial charge >= 0.3 is 5.97 Å². The van der Waals surface area contributed by atoms with E-state index < -0.39 is 0 Å². The van der Waals surface area contributed by atoms with Crippen LogP contribution in [0.1, 0.15) is 5.69 Å². The van der Waals surface area contributed by atoms with Gasteiger partial charge in [0, 0.05) is 37.9 Å². The molecular formula is C21H22N4O3. The molecule has 0 spiro atoms. The molecule has 1 aliphatic heterocycles. The van der Waals surface area contributed by atoms with Crippen LogP contribution in [0.15, 0.2) is 65.4 Å². The van der Waals surface area contributed by atoms with Crippen molar-refractivity contribution in [3.63, 3.8) is 0 Å². The van der Waals surface area contributed by atoms with Crippen LogP contribution in [0, 0.1) is 0 Å². The standard InChI is InChI=1S/C21H22N4O3/c26-20(14-24-10-12-25(13-11-24)19-8-4-5-9-22-19)27-15-18-16-28-21(23-18)17-6-2-1-3-7-17/h1-9,16H,10-15H2. The molecule has 1 aliphatic rings. The average Bonchev–Trinajstić information content (AvgIpc) is 3.23. The molecular weight excluding hydrogens is 356 g/mol. The highest BCUT2D eigenvalue weighted by Gasteiger charge is 2.20. The van der Waals surface area contributed by atoms with Crippen molar-refractivity contribution in [1.82, 2.24) is 14.9 Å². The van der Waals surface area contributed by atoms with Crippen LogP contribution in [-0.2, 0) is 16.1 Å². The fourth-order valence-corrected chi connectivity index (χ4v) is 3.15. The number of rotatable bonds is 6. The summed E-state index contributed by atoms with van der Waals surface area (Å²) in [7, 11) is 0. The van der Waals surface area contributed by atoms with Gasteiger partial charge in [-0.1, -0.05) is 24.3 Å². The minimum Gasteiger partial charge on any atom is -0.458 e. The predicted molar refractivity (Wildman–Crippen MR) is 105 cm³/mol. The van der Waals surface area contributed by atoms with Crippen molar-refractivity contribution in [2.24, 2.45) is 0 Å². The van der Waals surface area contributed by atoms with Crippen molar-refractivity contribution in [3.8, 4) is 11.5 Å². The Morgan fingerprint density at radius 1 is 1.04 bits per heavy atom. The van der Waals surface area contributed by atoms with Gasteiger partial charge < -0.3 is 14.1 Å². The summed E-state index contributed by atoms with van der Waals surface area (Å²) in [4.78, 5) is 25.2. The highest BCUT2D eigenvalue weighted by molar-refractivity contribution is 5.71. The van der Waals surface area contributed by atoms with E-state index >= 15 is 0 Å². The van der Waals surface area contributed by atoms with Gasteiger partial charge in [0.15, 0.2) is 0 Å². The van der Waals surface area contributed by atoms with Gasteiger partial charge in [0.2, 0.25) is 5.89 Å². The Kier molecular flexibility index (Phi) is 5.63. The van der Waals surface area contributed by atoms with Crippen LogP contribution in [0.2, 0.25) is 0 Å². The van der Waals surface area contributed by atoms with Crippen molar-refractivity contribution >= 4 is 11.8 Å². The summed E-state index contributed by atoms with van der Waals surface area (Å²) in [5, 5.41) is 0. The number of esters is 1. The van der Waals surface area contributed by atoms with Crippen LogP contribution in [0.5, 0.6) is 0 Å². The van der Waals surface area contributed by atoms with E-state index in [0.717, 1.165) is 37.6 Å². The molecule has 144 valence electrons. The van der Waals surface area contributed by atoms with Gasteiger partial charge in [-0.3, -0.25) is 9.69 Å². The summed E-state index contributed by atoms with van der Waals surface area (Å²) in [5.41, 5.74) is 1.50. The maximum absolute atomic E-state index is 12.2. The zero-order valence-electron chi connectivity index (χ0n) is 15.5. The number of pyridine rings is 1. The number of benzene rings is 1. The van der Waals surface area contributed by atoms with E-state index in [2.05, 4.69) is 19.8 Å². The monoisotopic (exact) mass is 378 g/mol. The Balaban J connectivity index is 1.22. The number of nitrogens with zero attached hydrogens (tertiary/aromatic N) is 4. The van der Waals surface area contributed by atoms with Gasteiger partial charge in [-0.15, -0.1) is 0 Å². The van der Waals surface area contributed by atoms with Gasteiger partial charge in [0.25, 0.3) is 0 Å². The van der Waals surface area contributed by atoms with Crippen molar-refractivity contribution in [2.75, 3.05) is 37.6 Å². The third kappa shape index (κ3) is 4.55. The molecule has 3 aromatic rings. The van der Waals surface area contributed by atoms with Gasteiger partial charge in [0.05, 0.1) is 6.54 Å². The lowest BCUT2D eigenvalue weighted by Crippen LogP contribution is -2.48. The SMILES string of the molecule is O=C(CN1CCN(c2ccccn2)CC1)OCc1coc(-c2ccccc2)n1. The predicted octanol–water partition coefficient (Wildman–Crippen LogP) is 2.60. The molecule has 7 heteroatoms. The molecule has 28 heavy (non-hydrogen) atoms. The van der Waals surface area contributed by atoms with E-state index in [1.165, 1.54) is 6.26 Å². The highest BCUT2D eigenvalue weighted by atomic mass is 16.5. The van der Waals surface area contributed by atoms with Crippen LogP contribution in [0.4, 0.5) is 5.82 Å². The number of carbonyl (C=O) groups is 1. The van der Waals surface area contributed by atoms with E-state index in [-0.39, 0.29) is 19.1 Å². The molecule has 1 saturated heterocycles. The van der Waals surface area contributed by atoms with E-state index in [9.17, 15) is 4.79 Å². The molecule has 0 amide bonds. The molecule has 0 radical (unpaired) electrons. The molecule has 0 unspecified atom stereocenters. The lowest BCUT2D eigenvalue weighted by atomic mass is 10.2. The van der Waals surface area contributed by atoms with Crippen molar-refractivity contribution in [1.29, 1.82) is 0 Å². The lowest BCUT2D eigenvalue weighted by molar-refractivity contribution is -0.146. The van der Waals surface area contributed by atoms with Gasteiger partial charge in [-0.05, 0) is 24.3 Å². The number of ether oxygens (including phenoxy) is 1. The van der Waals surface area contributed by atoms with Gasteiger partial charge in [0.1, 0.15) is 24.4 Å². The molecule has 2 aromatic heterocycles. The Bertz CT molecular complexity index is 890. The zero-order valence-corrected chi connectivity index (χ0v) is 15.5. The third-order valence-corrected chi connectivity index (χ3v) is 4.65. The van der Waals surface area contributed by atoms with Crippen LogP contribution < -0.4 is 4.90 Å². The summed E-state index contributed by atoms with van der Waals surface area (Å²) in [6, 6.07) is 15.5. The first-order valence-corrected chi connectivity index (χ1v) is 9.32. The molecule has 0 saturated carbocycles. The average molecular weight is 378 g/mol. The number of carbonyl (C=O) groups excluding carboxylic acids is 1. The second-order valence-corrected chi connectivity index (χ2v) is 6.62. The molecule has 3 heterocycles. The Hall–Kier alpha value is -3.19. The first-order chi connectivity index (χ1) is 13.8. The fraction of sp³-hybridized carbons (Fsp3) is 0.286. The minimum absolute atomic E-state index is 0.114. The first-order valence-electron chi connectivity index (χ1n) is 9.32. The topological polar surface area (TPSA) is 71.7 Å². The van der Waals surface area contributed by atoms with Crippen LogP contribution in [0.3, 0.4) is 0 Å². The summed E-state index contributed by atoms with van der Waals surface area (Å²) in [5.74, 6) is 1.25. The molecule has 0 N–H and O–H groups in total. The largest absolute Gasteiger partial charge is 0.458 e. The molecule has 4 rings (SSSR count). The number of piperazine rings is 1. The third-order valence-electron chi connectivity index (χ3n) is 4.65. The first kappa shape index (κ1) is 18.2. The van der Waals surface area contributed by atoms with Crippen LogP contribution in [-0.4, -0.2) is 53.6 Å². The minimum atomic E-state index is -0.254. The number of oxazole rings is 1. The molecule has 1 aromatic carbocycles. The van der Waals surface area contributed by atoms with E-state index in [4.69, 9.17) is 9.15 Å². The number of hydrogen-bond acceptors (Lipinski definition) is 7. The summed E-state index contributed by atoms with van der Waals surface area (Å²) < 4.78 is 10.8. The maximum atomic E-state index is 12.2. The van der Waals surface area contributed by atoms with E-state index in [1.807, 2.05) is 48.5 Å². The summed E-state index contributed by atoms with van der Waals surface area (Å²) in [6.45, 7) is 3.67. The Morgan fingerprint density at radius 2 is 1.82 bits per heavy atom. The summed E-state index contributed by atoms with van der Waals surface area (Å²) >= 11 is 0. The van der Waals surface area contributed by atoms with E-state index in [1.54, 1.807) is 6.20 Å². The van der Waals surface area contributed by atoms with E-state index in [0.29, 0.717) is 11.6 Å². The second-order valence-electron chi connectivity index (χ2n) is 6.62. The number of aromatic nitrogens is 2. The number of anilines is 1. The zero-order chi connectivity index (χ0) is 19.2. The lowest BCUT2D eigenvalue weighted by Gasteiger charge is -2.34. The Labute approximate surface area is 163 Å². The second kappa shape index (κ2) is 8.67. The molecule has 7 nitrogen and oxygen atoms in total. The quantitative estimate of drug-likeness (QED) is 0.611. The molecule has 1 fully saturated rings. The Morgan fingerprint density at radius 3 is 2.57 bits per heavy atom. The molecule has 0 aliphatic carbocycles. The van der Waals surface area contributed by atoms with Crippen LogP contribution in [0.25, 0.3) is 11.5 Å². The van der Waals surface area contributed by atoms with Crippen LogP contribution >= 0.6 is 0 Å². The highest BCUT2D eigenvalue weighted by Crippen LogP contribution is 2.18. The number of hydrogen-bond donors (Lipinski definition) is 0. The van der Waals surface area contributed by atoms with Crippen molar-refractivity contribution in [2.45, 2.75) is 6.61 Å². The fourth-order valence-electron chi connectivity index (χ4n) is 3.15. The smallest absolute Gasteiger partial charge is 0.320 e. The normalized spacial score (nSPS) is 14.8. The maximum Gasteiger partial charge on any atom is 0.320 e.